The van der Waals surface area contributed by atoms with E-state index < -0.39 is 0 Å². The number of morpholine rings is 1. The minimum atomic E-state index is 0. The van der Waals surface area contributed by atoms with Gasteiger partial charge in [0.1, 0.15) is 0 Å². The van der Waals surface area contributed by atoms with Gasteiger partial charge in [-0.15, -0.1) is 0 Å². The van der Waals surface area contributed by atoms with Crippen LogP contribution in [0.5, 0.6) is 0 Å². The topological polar surface area (TPSA) is 36.3 Å². The highest BCUT2D eigenvalue weighted by Gasteiger charge is 2.08. The fourth-order valence-corrected chi connectivity index (χ4v) is 1.03. The van der Waals surface area contributed by atoms with E-state index in [1.165, 1.54) is 0 Å². The van der Waals surface area contributed by atoms with Crippen LogP contribution in [0.2, 0.25) is 0 Å². The van der Waals surface area contributed by atoms with Gasteiger partial charge in [0, 0.05) is 26.1 Å². The van der Waals surface area contributed by atoms with Gasteiger partial charge in [-0.1, -0.05) is 21.3 Å². The molecule has 1 saturated heterocycles. The molecule has 0 radical (unpaired) electrons. The van der Waals surface area contributed by atoms with Crippen LogP contribution in [-0.4, -0.2) is 37.7 Å². The standard InChI is InChI=1S/C7H12N2O.C2H6.CH4/c8-2-1-3-9-4-6-10-7-5-9;1-2;/h1,3-7H2;1-2H3;1H4. The lowest BCUT2D eigenvalue weighted by Crippen LogP contribution is -2.36. The van der Waals surface area contributed by atoms with Gasteiger partial charge in [-0.25, -0.2) is 0 Å². The number of hydrogen-bond donors (Lipinski definition) is 0. The van der Waals surface area contributed by atoms with Crippen molar-refractivity contribution in [2.45, 2.75) is 27.7 Å². The maximum Gasteiger partial charge on any atom is 0.0635 e. The quantitative estimate of drug-likeness (QED) is 0.661. The minimum Gasteiger partial charge on any atom is -0.379 e. The number of hydrogen-bond acceptors (Lipinski definition) is 3. The summed E-state index contributed by atoms with van der Waals surface area (Å²) in [5, 5.41) is 8.29. The first-order valence-corrected chi connectivity index (χ1v) is 4.60. The van der Waals surface area contributed by atoms with Gasteiger partial charge in [0.15, 0.2) is 0 Å². The Bertz CT molecular complexity index is 125. The Morgan fingerprint density at radius 3 is 2.31 bits per heavy atom. The lowest BCUT2D eigenvalue weighted by Gasteiger charge is -2.25. The van der Waals surface area contributed by atoms with Gasteiger partial charge in [-0.05, 0) is 0 Å². The minimum absolute atomic E-state index is 0. The van der Waals surface area contributed by atoms with Crippen LogP contribution in [0.3, 0.4) is 0 Å². The summed E-state index contributed by atoms with van der Waals surface area (Å²) >= 11 is 0. The van der Waals surface area contributed by atoms with Crippen molar-refractivity contribution in [3.05, 3.63) is 0 Å². The Hall–Kier alpha value is -0.590. The first kappa shape index (κ1) is 14.9. The van der Waals surface area contributed by atoms with Crippen molar-refractivity contribution in [3.8, 4) is 6.07 Å². The summed E-state index contributed by atoms with van der Waals surface area (Å²) in [6.07, 6.45) is 0.639. The molecule has 13 heavy (non-hydrogen) atoms. The number of nitrogens with zero attached hydrogens (tertiary/aromatic N) is 2. The molecule has 1 fully saturated rings. The van der Waals surface area contributed by atoms with E-state index in [1.807, 2.05) is 13.8 Å². The van der Waals surface area contributed by atoms with Gasteiger partial charge in [0.25, 0.3) is 0 Å². The third-order valence-electron chi connectivity index (χ3n) is 1.64. The van der Waals surface area contributed by atoms with E-state index in [0.29, 0.717) is 6.42 Å². The molecule has 0 saturated carbocycles. The van der Waals surface area contributed by atoms with E-state index in [-0.39, 0.29) is 7.43 Å². The number of rotatable bonds is 2. The number of ether oxygens (including phenoxy) is 1. The van der Waals surface area contributed by atoms with Crippen LogP contribution < -0.4 is 0 Å². The molecule has 0 aliphatic carbocycles. The summed E-state index contributed by atoms with van der Waals surface area (Å²) in [6.45, 7) is 8.53. The first-order chi connectivity index (χ1) is 5.93. The van der Waals surface area contributed by atoms with Crippen molar-refractivity contribution < 1.29 is 4.74 Å². The van der Waals surface area contributed by atoms with E-state index in [4.69, 9.17) is 10.00 Å². The van der Waals surface area contributed by atoms with Crippen LogP contribution in [0.4, 0.5) is 0 Å². The van der Waals surface area contributed by atoms with Crippen molar-refractivity contribution in [1.29, 1.82) is 5.26 Å². The van der Waals surface area contributed by atoms with Gasteiger partial charge in [-0.3, -0.25) is 4.90 Å². The van der Waals surface area contributed by atoms with Crippen molar-refractivity contribution in [2.24, 2.45) is 0 Å². The molecule has 78 valence electrons. The van der Waals surface area contributed by atoms with Gasteiger partial charge in [0.2, 0.25) is 0 Å². The summed E-state index contributed by atoms with van der Waals surface area (Å²) in [5.74, 6) is 0. The molecular formula is C10H22N2O. The molecule has 3 nitrogen and oxygen atoms in total. The fraction of sp³-hybridized carbons (Fsp3) is 0.900. The summed E-state index contributed by atoms with van der Waals surface area (Å²) in [4.78, 5) is 2.26. The maximum atomic E-state index is 8.29. The highest BCUT2D eigenvalue weighted by Crippen LogP contribution is 1.96. The van der Waals surface area contributed by atoms with Crippen LogP contribution in [0.15, 0.2) is 0 Å². The molecule has 1 heterocycles. The molecule has 0 aromatic carbocycles. The molecule has 0 N–H and O–H groups in total. The highest BCUT2D eigenvalue weighted by molar-refractivity contribution is 4.73. The predicted octanol–water partition coefficient (Wildman–Crippen LogP) is 1.89. The third kappa shape index (κ3) is 7.76. The number of nitriles is 1. The average Bonchev–Trinajstić information content (AvgIpc) is 2.19. The van der Waals surface area contributed by atoms with Crippen LogP contribution in [0, 0.1) is 11.3 Å². The molecule has 0 aromatic heterocycles. The zero-order valence-corrected chi connectivity index (χ0v) is 8.05. The average molecular weight is 186 g/mol. The van der Waals surface area contributed by atoms with E-state index in [2.05, 4.69) is 11.0 Å². The summed E-state index contributed by atoms with van der Waals surface area (Å²) in [7, 11) is 0. The second-order valence-corrected chi connectivity index (χ2v) is 2.36. The molecule has 0 bridgehead atoms. The molecule has 1 rings (SSSR count). The molecule has 1 aliphatic rings. The van der Waals surface area contributed by atoms with E-state index in [9.17, 15) is 0 Å². The van der Waals surface area contributed by atoms with E-state index in [0.717, 1.165) is 32.8 Å². The maximum absolute atomic E-state index is 8.29. The van der Waals surface area contributed by atoms with Crippen molar-refractivity contribution >= 4 is 0 Å². The van der Waals surface area contributed by atoms with Gasteiger partial charge >= 0.3 is 0 Å². The highest BCUT2D eigenvalue weighted by atomic mass is 16.5. The predicted molar refractivity (Wildman–Crippen MR) is 55.6 cm³/mol. The molecule has 3 heteroatoms. The molecular weight excluding hydrogens is 164 g/mol. The molecule has 0 spiro atoms. The largest absolute Gasteiger partial charge is 0.379 e. The second-order valence-electron chi connectivity index (χ2n) is 2.36. The summed E-state index contributed by atoms with van der Waals surface area (Å²) in [5.41, 5.74) is 0. The molecule has 0 amide bonds. The summed E-state index contributed by atoms with van der Waals surface area (Å²) in [6, 6.07) is 2.13. The molecule has 1 aliphatic heterocycles. The smallest absolute Gasteiger partial charge is 0.0635 e. The van der Waals surface area contributed by atoms with Crippen LogP contribution >= 0.6 is 0 Å². The Labute approximate surface area is 82.3 Å². The normalized spacial score (nSPS) is 16.1. The zero-order chi connectivity index (χ0) is 9.23. The molecule has 0 unspecified atom stereocenters. The Balaban J connectivity index is 0. The van der Waals surface area contributed by atoms with E-state index in [1.54, 1.807) is 0 Å². The van der Waals surface area contributed by atoms with Crippen molar-refractivity contribution in [1.82, 2.24) is 4.90 Å². The lowest BCUT2D eigenvalue weighted by atomic mass is 10.3. The summed E-state index contributed by atoms with van der Waals surface area (Å²) < 4.78 is 5.16. The monoisotopic (exact) mass is 186 g/mol. The zero-order valence-electron chi connectivity index (χ0n) is 8.05. The SMILES string of the molecule is C.CC.N#CCCN1CCOCC1. The Kier molecular flexibility index (Phi) is 13.1. The van der Waals surface area contributed by atoms with Gasteiger partial charge in [-0.2, -0.15) is 5.26 Å². The van der Waals surface area contributed by atoms with Crippen molar-refractivity contribution in [3.63, 3.8) is 0 Å². The van der Waals surface area contributed by atoms with Gasteiger partial charge < -0.3 is 4.74 Å². The van der Waals surface area contributed by atoms with E-state index >= 15 is 0 Å². The van der Waals surface area contributed by atoms with Crippen LogP contribution in [0.1, 0.15) is 27.7 Å². The molecule has 0 atom stereocenters. The second kappa shape index (κ2) is 11.4. The van der Waals surface area contributed by atoms with Crippen LogP contribution in [-0.2, 0) is 4.74 Å². The Morgan fingerprint density at radius 2 is 1.85 bits per heavy atom. The first-order valence-electron chi connectivity index (χ1n) is 4.60. The van der Waals surface area contributed by atoms with Crippen molar-refractivity contribution in [2.75, 3.05) is 32.8 Å². The lowest BCUT2D eigenvalue weighted by molar-refractivity contribution is 0.0389. The third-order valence-corrected chi connectivity index (χ3v) is 1.64. The van der Waals surface area contributed by atoms with Gasteiger partial charge in [0.05, 0.1) is 19.3 Å². The molecule has 0 aromatic rings. The Morgan fingerprint density at radius 1 is 1.31 bits per heavy atom. The van der Waals surface area contributed by atoms with Crippen LogP contribution in [0.25, 0.3) is 0 Å². The fourth-order valence-electron chi connectivity index (χ4n) is 1.03.